The first kappa shape index (κ1) is 21.0. The van der Waals surface area contributed by atoms with Gasteiger partial charge in [0.1, 0.15) is 11.9 Å². The molecule has 0 radical (unpaired) electrons. The fourth-order valence-corrected chi connectivity index (χ4v) is 4.80. The van der Waals surface area contributed by atoms with E-state index in [1.54, 1.807) is 0 Å². The van der Waals surface area contributed by atoms with E-state index >= 15 is 0 Å². The van der Waals surface area contributed by atoms with Crippen LogP contribution < -0.4 is 4.74 Å². The lowest BCUT2D eigenvalue weighted by Gasteiger charge is -2.33. The van der Waals surface area contributed by atoms with Crippen molar-refractivity contribution in [3.05, 3.63) is 71.9 Å². The number of nitrogens with zero attached hydrogens (tertiary/aromatic N) is 3. The zero-order chi connectivity index (χ0) is 21.8. The minimum Gasteiger partial charge on any atom is -0.489 e. The number of benzene rings is 2. The number of aromatic nitrogens is 1. The first-order valence-electron chi connectivity index (χ1n) is 11.9. The van der Waals surface area contributed by atoms with Crippen LogP contribution in [0.2, 0.25) is 0 Å². The molecule has 5 nitrogen and oxygen atoms in total. The summed E-state index contributed by atoms with van der Waals surface area (Å²) in [5.74, 6) is 0.845. The van der Waals surface area contributed by atoms with Crippen LogP contribution in [0, 0.1) is 0 Å². The number of piperidine rings is 2. The highest BCUT2D eigenvalue weighted by molar-refractivity contribution is 5.97. The summed E-state index contributed by atoms with van der Waals surface area (Å²) in [7, 11) is 0. The molecule has 2 aliphatic rings. The molecule has 2 saturated heterocycles. The molecule has 3 aromatic rings. The van der Waals surface area contributed by atoms with Gasteiger partial charge in [0, 0.05) is 38.1 Å². The van der Waals surface area contributed by atoms with Gasteiger partial charge in [0.05, 0.1) is 16.8 Å². The van der Waals surface area contributed by atoms with E-state index in [4.69, 9.17) is 9.72 Å². The molecule has 2 aromatic carbocycles. The summed E-state index contributed by atoms with van der Waals surface area (Å²) in [6, 6.07) is 20.3. The van der Waals surface area contributed by atoms with Crippen LogP contribution >= 0.6 is 0 Å². The lowest BCUT2D eigenvalue weighted by Crippen LogP contribution is -2.39. The molecule has 1 amide bonds. The number of carbonyl (C=O) groups is 1. The maximum Gasteiger partial charge on any atom is 0.257 e. The number of fused-ring (bicyclic) bond motifs is 1. The molecule has 0 saturated carbocycles. The Hall–Kier alpha value is -2.92. The van der Waals surface area contributed by atoms with E-state index in [1.165, 1.54) is 11.8 Å². The molecule has 0 bridgehead atoms. The number of hydrogen-bond acceptors (Lipinski definition) is 4. The van der Waals surface area contributed by atoms with Crippen LogP contribution in [0.3, 0.4) is 0 Å². The zero-order valence-corrected chi connectivity index (χ0v) is 18.6. The summed E-state index contributed by atoms with van der Waals surface area (Å²) in [5.41, 5.74) is 2.87. The van der Waals surface area contributed by atoms with Crippen molar-refractivity contribution in [2.75, 3.05) is 26.2 Å². The van der Waals surface area contributed by atoms with E-state index in [1.807, 2.05) is 41.3 Å². The quantitative estimate of drug-likeness (QED) is 0.578. The molecule has 0 aliphatic carbocycles. The highest BCUT2D eigenvalue weighted by atomic mass is 16.5. The first-order chi connectivity index (χ1) is 15.8. The average molecular weight is 430 g/mol. The first-order valence-corrected chi connectivity index (χ1v) is 11.9. The topological polar surface area (TPSA) is 45.7 Å². The van der Waals surface area contributed by atoms with Gasteiger partial charge in [-0.15, -0.1) is 0 Å². The van der Waals surface area contributed by atoms with Crippen LogP contribution in [0.1, 0.15) is 48.2 Å². The fraction of sp³-hybridized carbons (Fsp3) is 0.407. The van der Waals surface area contributed by atoms with Gasteiger partial charge in [-0.2, -0.15) is 0 Å². The molecule has 0 unspecified atom stereocenters. The Morgan fingerprint density at radius 2 is 1.62 bits per heavy atom. The van der Waals surface area contributed by atoms with Gasteiger partial charge in [-0.25, -0.2) is 0 Å². The summed E-state index contributed by atoms with van der Waals surface area (Å²) in [4.78, 5) is 22.3. The van der Waals surface area contributed by atoms with Gasteiger partial charge in [0.25, 0.3) is 5.91 Å². The Labute approximate surface area is 190 Å². The summed E-state index contributed by atoms with van der Waals surface area (Å²) in [5, 5.41) is 1.18. The molecule has 0 atom stereocenters. The zero-order valence-electron chi connectivity index (χ0n) is 18.6. The molecule has 5 rings (SSSR count). The van der Waals surface area contributed by atoms with Crippen LogP contribution in [-0.2, 0) is 6.54 Å². The van der Waals surface area contributed by atoms with Crippen molar-refractivity contribution < 1.29 is 9.53 Å². The van der Waals surface area contributed by atoms with E-state index in [0.29, 0.717) is 5.56 Å². The smallest absolute Gasteiger partial charge is 0.257 e. The number of likely N-dealkylation sites (tertiary alicyclic amines) is 2. The average Bonchev–Trinajstić information content (AvgIpc) is 2.86. The minimum atomic E-state index is 0.111. The highest BCUT2D eigenvalue weighted by Gasteiger charge is 2.25. The third-order valence-corrected chi connectivity index (χ3v) is 6.63. The number of amides is 1. The van der Waals surface area contributed by atoms with Gasteiger partial charge < -0.3 is 9.64 Å². The molecule has 0 spiro atoms. The summed E-state index contributed by atoms with van der Waals surface area (Å²) in [6.45, 7) is 4.52. The molecule has 2 aliphatic heterocycles. The molecule has 166 valence electrons. The van der Waals surface area contributed by atoms with Crippen LogP contribution in [0.5, 0.6) is 5.75 Å². The van der Waals surface area contributed by atoms with Gasteiger partial charge in [-0.3, -0.25) is 14.7 Å². The third-order valence-electron chi connectivity index (χ3n) is 6.63. The minimum absolute atomic E-state index is 0.111. The van der Waals surface area contributed by atoms with Crippen molar-refractivity contribution in [2.24, 2.45) is 0 Å². The maximum absolute atomic E-state index is 13.0. The lowest BCUT2D eigenvalue weighted by molar-refractivity contribution is 0.0701. The largest absolute Gasteiger partial charge is 0.489 e. The predicted octanol–water partition coefficient (Wildman–Crippen LogP) is 4.90. The maximum atomic E-state index is 13.0. The summed E-state index contributed by atoms with van der Waals surface area (Å²) < 4.78 is 6.36. The number of carbonyl (C=O) groups excluding carboxylic acids is 1. The Bertz CT molecular complexity index is 1070. The number of hydrogen-bond donors (Lipinski definition) is 0. The van der Waals surface area contributed by atoms with Gasteiger partial charge >= 0.3 is 0 Å². The van der Waals surface area contributed by atoms with Crippen molar-refractivity contribution in [3.8, 4) is 5.75 Å². The second kappa shape index (κ2) is 9.70. The van der Waals surface area contributed by atoms with Gasteiger partial charge in [-0.05, 0) is 56.4 Å². The molecule has 3 heterocycles. The van der Waals surface area contributed by atoms with E-state index in [2.05, 4.69) is 29.2 Å². The van der Waals surface area contributed by atoms with Crippen LogP contribution in [-0.4, -0.2) is 53.0 Å². The summed E-state index contributed by atoms with van der Waals surface area (Å²) in [6.07, 6.45) is 5.47. The number of ether oxygens (including phenoxy) is 1. The third kappa shape index (κ3) is 4.78. The van der Waals surface area contributed by atoms with Crippen molar-refractivity contribution >= 4 is 16.8 Å². The monoisotopic (exact) mass is 429 g/mol. The number of rotatable bonds is 5. The SMILES string of the molecule is O=C(c1ccccc1OC1CCN(Cc2ccc3ccccc3n2)CC1)N1CCCCC1. The van der Waals surface area contributed by atoms with Crippen molar-refractivity contribution in [3.63, 3.8) is 0 Å². The fourth-order valence-electron chi connectivity index (χ4n) is 4.80. The molecule has 5 heteroatoms. The second-order valence-electron chi connectivity index (χ2n) is 8.94. The molecule has 1 aromatic heterocycles. The molecular formula is C27H31N3O2. The predicted molar refractivity (Wildman–Crippen MR) is 127 cm³/mol. The van der Waals surface area contributed by atoms with Gasteiger partial charge in [0.2, 0.25) is 0 Å². The normalized spacial score (nSPS) is 18.1. The van der Waals surface area contributed by atoms with E-state index in [-0.39, 0.29) is 12.0 Å². The lowest BCUT2D eigenvalue weighted by atomic mass is 10.1. The van der Waals surface area contributed by atoms with E-state index < -0.39 is 0 Å². The van der Waals surface area contributed by atoms with Crippen LogP contribution in [0.4, 0.5) is 0 Å². The Morgan fingerprint density at radius 3 is 2.47 bits per heavy atom. The van der Waals surface area contributed by atoms with E-state index in [9.17, 15) is 4.79 Å². The van der Waals surface area contributed by atoms with Crippen LogP contribution in [0.15, 0.2) is 60.7 Å². The van der Waals surface area contributed by atoms with Crippen LogP contribution in [0.25, 0.3) is 10.9 Å². The van der Waals surface area contributed by atoms with Gasteiger partial charge in [0.15, 0.2) is 0 Å². The summed E-state index contributed by atoms with van der Waals surface area (Å²) >= 11 is 0. The Morgan fingerprint density at radius 1 is 0.875 bits per heavy atom. The van der Waals surface area contributed by atoms with Crippen molar-refractivity contribution in [2.45, 2.75) is 44.8 Å². The standard InChI is InChI=1S/C27H31N3O2/c31-27(30-16-6-1-7-17-30)24-9-3-5-11-26(24)32-23-14-18-29(19-15-23)20-22-13-12-21-8-2-4-10-25(21)28-22/h2-5,8-13,23H,1,6-7,14-20H2. The Kier molecular flexibility index (Phi) is 6.35. The highest BCUT2D eigenvalue weighted by Crippen LogP contribution is 2.26. The number of pyridine rings is 1. The molecular weight excluding hydrogens is 398 g/mol. The number of para-hydroxylation sites is 2. The van der Waals surface area contributed by atoms with Crippen molar-refractivity contribution in [1.82, 2.24) is 14.8 Å². The second-order valence-corrected chi connectivity index (χ2v) is 8.94. The van der Waals surface area contributed by atoms with Gasteiger partial charge in [-0.1, -0.05) is 36.4 Å². The van der Waals surface area contributed by atoms with Crippen molar-refractivity contribution in [1.29, 1.82) is 0 Å². The molecule has 0 N–H and O–H groups in total. The molecule has 2 fully saturated rings. The van der Waals surface area contributed by atoms with E-state index in [0.717, 1.165) is 75.4 Å². The molecule has 32 heavy (non-hydrogen) atoms. The Balaban J connectivity index is 1.18.